The maximum absolute atomic E-state index is 6.11. The van der Waals surface area contributed by atoms with Crippen LogP contribution in [0.4, 0.5) is 0 Å². The quantitative estimate of drug-likeness (QED) is 0.670. The van der Waals surface area contributed by atoms with Gasteiger partial charge in [0.2, 0.25) is 0 Å². The highest BCUT2D eigenvalue weighted by Gasteiger charge is 2.18. The van der Waals surface area contributed by atoms with E-state index in [9.17, 15) is 0 Å². The first-order valence-electron chi connectivity index (χ1n) is 4.92. The number of hydrogen-bond donors (Lipinski definition) is 2. The van der Waals surface area contributed by atoms with Gasteiger partial charge in [-0.1, -0.05) is 23.2 Å². The van der Waals surface area contributed by atoms with Crippen LogP contribution in [0.25, 0.3) is 0 Å². The third-order valence-electron chi connectivity index (χ3n) is 2.30. The van der Waals surface area contributed by atoms with E-state index in [1.165, 1.54) is 11.3 Å². The third kappa shape index (κ3) is 3.19. The fourth-order valence-corrected chi connectivity index (χ4v) is 3.92. The van der Waals surface area contributed by atoms with E-state index in [1.54, 1.807) is 11.3 Å². The van der Waals surface area contributed by atoms with Gasteiger partial charge in [0.15, 0.2) is 0 Å². The van der Waals surface area contributed by atoms with Crippen LogP contribution in [0.3, 0.4) is 0 Å². The van der Waals surface area contributed by atoms with Crippen molar-refractivity contribution >= 4 is 45.9 Å². The van der Waals surface area contributed by atoms with Crippen LogP contribution in [0.15, 0.2) is 11.4 Å². The van der Waals surface area contributed by atoms with Crippen LogP contribution in [0, 0.1) is 6.92 Å². The van der Waals surface area contributed by atoms with Crippen LogP contribution in [0.5, 0.6) is 0 Å². The van der Waals surface area contributed by atoms with E-state index in [-0.39, 0.29) is 6.04 Å². The highest BCUT2D eigenvalue weighted by atomic mass is 35.5. The minimum atomic E-state index is -0.0585. The van der Waals surface area contributed by atoms with Gasteiger partial charge in [-0.2, -0.15) is 0 Å². The molecule has 17 heavy (non-hydrogen) atoms. The Bertz CT molecular complexity index is 509. The average Bonchev–Trinajstić information content (AvgIpc) is 2.82. The maximum Gasteiger partial charge on any atom is 0.0992 e. The Morgan fingerprint density at radius 1 is 1.53 bits per heavy atom. The van der Waals surface area contributed by atoms with Crippen molar-refractivity contribution in [2.45, 2.75) is 19.4 Å². The lowest BCUT2D eigenvalue weighted by molar-refractivity contribution is 0.552. The number of thiophene rings is 1. The van der Waals surface area contributed by atoms with Gasteiger partial charge in [0.05, 0.1) is 19.7 Å². The second-order valence-corrected chi connectivity index (χ2v) is 6.81. The number of hydrogen-bond acceptors (Lipinski definition) is 5. The molecule has 0 aliphatic heterocycles. The molecule has 0 bridgehead atoms. The molecule has 0 radical (unpaired) electrons. The van der Waals surface area contributed by atoms with Gasteiger partial charge >= 0.3 is 0 Å². The van der Waals surface area contributed by atoms with Crippen LogP contribution >= 0.6 is 45.9 Å². The van der Waals surface area contributed by atoms with Crippen LogP contribution in [0.2, 0.25) is 8.67 Å². The Kier molecular flexibility index (Phi) is 4.41. The molecular weight excluding hydrogens is 297 g/mol. The smallest absolute Gasteiger partial charge is 0.0992 e. The molecule has 1 atom stereocenters. The van der Waals surface area contributed by atoms with Gasteiger partial charge in [-0.25, -0.2) is 4.98 Å². The lowest BCUT2D eigenvalue weighted by Gasteiger charge is -2.13. The molecule has 7 heteroatoms. The third-order valence-corrected chi connectivity index (χ3v) is 4.81. The predicted octanol–water partition coefficient (Wildman–Crippen LogP) is 3.57. The summed E-state index contributed by atoms with van der Waals surface area (Å²) in [6.45, 7) is 1.97. The van der Waals surface area contributed by atoms with Gasteiger partial charge in [-0.3, -0.25) is 11.3 Å². The van der Waals surface area contributed by atoms with E-state index in [0.29, 0.717) is 15.1 Å². The zero-order valence-corrected chi connectivity index (χ0v) is 12.2. The summed E-state index contributed by atoms with van der Waals surface area (Å²) >= 11 is 15.0. The number of hydrazine groups is 1. The molecule has 0 amide bonds. The molecular formula is C10H11Cl2N3S2. The monoisotopic (exact) mass is 307 g/mol. The van der Waals surface area contributed by atoms with Crippen LogP contribution in [-0.4, -0.2) is 4.98 Å². The molecule has 2 aromatic heterocycles. The minimum absolute atomic E-state index is 0.0585. The Morgan fingerprint density at radius 3 is 2.76 bits per heavy atom. The summed E-state index contributed by atoms with van der Waals surface area (Å²) in [6, 6.07) is 1.79. The van der Waals surface area contributed by atoms with Crippen molar-refractivity contribution in [3.05, 3.63) is 36.4 Å². The molecule has 0 spiro atoms. The molecule has 3 N–H and O–H groups in total. The van der Waals surface area contributed by atoms with Gasteiger partial charge < -0.3 is 0 Å². The molecule has 3 nitrogen and oxygen atoms in total. The number of nitrogens with zero attached hydrogens (tertiary/aromatic N) is 1. The second kappa shape index (κ2) is 5.65. The summed E-state index contributed by atoms with van der Waals surface area (Å²) in [4.78, 5) is 4.41. The first-order valence-corrected chi connectivity index (χ1v) is 7.37. The number of halogens is 2. The average molecular weight is 308 g/mol. The number of aryl methyl sites for hydroxylation is 1. The van der Waals surface area contributed by atoms with Crippen LogP contribution < -0.4 is 11.3 Å². The SMILES string of the molecule is Cc1csc(CC(NN)c2cc(Cl)sc2Cl)n1. The Morgan fingerprint density at radius 2 is 2.29 bits per heavy atom. The standard InChI is InChI=1S/C10H11Cl2N3S2/c1-5-4-16-9(14-5)3-7(15-13)6-2-8(11)17-10(6)12/h2,4,7,15H,3,13H2,1H3. The van der Waals surface area contributed by atoms with Gasteiger partial charge in [0.1, 0.15) is 0 Å². The van der Waals surface area contributed by atoms with Gasteiger partial charge in [-0.05, 0) is 13.0 Å². The van der Waals surface area contributed by atoms with Crippen LogP contribution in [-0.2, 0) is 6.42 Å². The van der Waals surface area contributed by atoms with Crippen molar-refractivity contribution < 1.29 is 0 Å². The van der Waals surface area contributed by atoms with Crippen molar-refractivity contribution in [2.24, 2.45) is 5.84 Å². The molecule has 2 rings (SSSR count). The summed E-state index contributed by atoms with van der Waals surface area (Å²) < 4.78 is 1.34. The first-order chi connectivity index (χ1) is 8.10. The summed E-state index contributed by atoms with van der Waals surface area (Å²) in [5, 5.41) is 3.05. The molecule has 92 valence electrons. The first kappa shape index (κ1) is 13.3. The lowest BCUT2D eigenvalue weighted by atomic mass is 10.1. The zero-order chi connectivity index (χ0) is 12.4. The van der Waals surface area contributed by atoms with E-state index in [4.69, 9.17) is 29.0 Å². The zero-order valence-electron chi connectivity index (χ0n) is 9.04. The molecule has 2 heterocycles. The van der Waals surface area contributed by atoms with Gasteiger partial charge in [0, 0.05) is 23.1 Å². The van der Waals surface area contributed by atoms with Crippen molar-refractivity contribution in [3.8, 4) is 0 Å². The Labute approximate surface area is 118 Å². The van der Waals surface area contributed by atoms with Gasteiger partial charge in [0.25, 0.3) is 0 Å². The fourth-order valence-electron chi connectivity index (χ4n) is 1.52. The topological polar surface area (TPSA) is 50.9 Å². The van der Waals surface area contributed by atoms with E-state index < -0.39 is 0 Å². The summed E-state index contributed by atoms with van der Waals surface area (Å²) in [6.07, 6.45) is 0.710. The molecule has 0 fully saturated rings. The summed E-state index contributed by atoms with van der Waals surface area (Å²) in [5.74, 6) is 5.57. The molecule has 1 unspecified atom stereocenters. The molecule has 0 aliphatic carbocycles. The van der Waals surface area contributed by atoms with Crippen molar-refractivity contribution in [2.75, 3.05) is 0 Å². The van der Waals surface area contributed by atoms with E-state index in [2.05, 4.69) is 10.4 Å². The van der Waals surface area contributed by atoms with Crippen molar-refractivity contribution in [3.63, 3.8) is 0 Å². The normalized spacial score (nSPS) is 12.9. The maximum atomic E-state index is 6.11. The Hall–Kier alpha value is -0.170. The molecule has 0 saturated carbocycles. The number of rotatable bonds is 4. The Balaban J connectivity index is 2.19. The van der Waals surface area contributed by atoms with E-state index >= 15 is 0 Å². The summed E-state index contributed by atoms with van der Waals surface area (Å²) in [5.41, 5.74) is 4.71. The van der Waals surface area contributed by atoms with Gasteiger partial charge in [-0.15, -0.1) is 22.7 Å². The molecule has 0 aliphatic rings. The molecule has 0 aromatic carbocycles. The van der Waals surface area contributed by atoms with Crippen LogP contribution in [0.1, 0.15) is 22.3 Å². The van der Waals surface area contributed by atoms with E-state index in [1.807, 2.05) is 18.4 Å². The fraction of sp³-hybridized carbons (Fsp3) is 0.300. The number of nitrogens with two attached hydrogens (primary N) is 1. The second-order valence-electron chi connectivity index (χ2n) is 3.59. The molecule has 2 aromatic rings. The highest BCUT2D eigenvalue weighted by molar-refractivity contribution is 7.20. The highest BCUT2D eigenvalue weighted by Crippen LogP contribution is 2.36. The molecule has 0 saturated heterocycles. The number of nitrogens with one attached hydrogen (secondary N) is 1. The largest absolute Gasteiger partial charge is 0.271 e. The van der Waals surface area contributed by atoms with Crippen molar-refractivity contribution in [1.82, 2.24) is 10.4 Å². The minimum Gasteiger partial charge on any atom is -0.271 e. The van der Waals surface area contributed by atoms with Crippen molar-refractivity contribution in [1.29, 1.82) is 0 Å². The van der Waals surface area contributed by atoms with E-state index in [0.717, 1.165) is 16.3 Å². The number of thiazole rings is 1. The number of aromatic nitrogens is 1. The predicted molar refractivity (Wildman–Crippen MR) is 75.0 cm³/mol. The summed E-state index contributed by atoms with van der Waals surface area (Å²) in [7, 11) is 0. The lowest BCUT2D eigenvalue weighted by Crippen LogP contribution is -2.29.